The van der Waals surface area contributed by atoms with Crippen LogP contribution in [0.4, 0.5) is 5.69 Å². The largest absolute Gasteiger partial charge is 0.394 e. The molecule has 1 amide bonds. The van der Waals surface area contributed by atoms with Gasteiger partial charge in [-0.1, -0.05) is 30.3 Å². The molecule has 4 unspecified atom stereocenters. The number of hydrogen-bond donors (Lipinski definition) is 4. The Balaban J connectivity index is 1.33. The van der Waals surface area contributed by atoms with Crippen LogP contribution >= 0.6 is 0 Å². The summed E-state index contributed by atoms with van der Waals surface area (Å²) in [5.41, 5.74) is 11.4. The lowest BCUT2D eigenvalue weighted by atomic mass is 10.1. The second kappa shape index (κ2) is 7.48. The predicted molar refractivity (Wildman–Crippen MR) is 122 cm³/mol. The lowest BCUT2D eigenvalue weighted by Gasteiger charge is -2.29. The molecule has 4 aliphatic rings. The van der Waals surface area contributed by atoms with E-state index in [2.05, 4.69) is 44.6 Å². The number of nitrogens with zero attached hydrogens (tertiary/aromatic N) is 4. The van der Waals surface area contributed by atoms with E-state index < -0.39 is 30.4 Å². The molecule has 5 N–H and O–H groups in total. The number of amides is 1. The van der Waals surface area contributed by atoms with Crippen molar-refractivity contribution < 1.29 is 19.7 Å². The van der Waals surface area contributed by atoms with Crippen LogP contribution in [0.25, 0.3) is 11.1 Å². The minimum Gasteiger partial charge on any atom is -0.394 e. The number of rotatable bonds is 3. The number of fused-ring (bicyclic) bond motifs is 4. The Morgan fingerprint density at radius 2 is 1.97 bits per heavy atom. The number of aliphatic hydroxyl groups excluding tert-OH is 2. The second-order valence-electron chi connectivity index (χ2n) is 8.45. The number of hydrogen-bond acceptors (Lipinski definition) is 9. The van der Waals surface area contributed by atoms with Crippen LogP contribution in [-0.2, 0) is 16.0 Å². The zero-order valence-electron chi connectivity index (χ0n) is 17.5. The molecule has 3 aliphatic heterocycles. The summed E-state index contributed by atoms with van der Waals surface area (Å²) < 4.78 is 5.84. The minimum atomic E-state index is -0.938. The van der Waals surface area contributed by atoms with Crippen molar-refractivity contribution in [3.8, 4) is 11.1 Å². The first-order chi connectivity index (χ1) is 16.0. The topological polar surface area (TPSA) is 145 Å². The molecule has 0 radical (unpaired) electrons. The van der Waals surface area contributed by atoms with Gasteiger partial charge in [0.15, 0.2) is 11.9 Å². The molecule has 3 heterocycles. The van der Waals surface area contributed by atoms with E-state index >= 15 is 0 Å². The van der Waals surface area contributed by atoms with E-state index in [1.54, 1.807) is 4.90 Å². The first-order valence-corrected chi connectivity index (χ1v) is 10.8. The monoisotopic (exact) mass is 446 g/mol. The van der Waals surface area contributed by atoms with Gasteiger partial charge >= 0.3 is 0 Å². The lowest BCUT2D eigenvalue weighted by molar-refractivity contribution is -0.117. The molecule has 0 bridgehead atoms. The summed E-state index contributed by atoms with van der Waals surface area (Å²) in [6, 6.07) is 13.5. The third-order valence-electron chi connectivity index (χ3n) is 6.38. The predicted octanol–water partition coefficient (Wildman–Crippen LogP) is 0.431. The van der Waals surface area contributed by atoms with Crippen LogP contribution in [0.15, 0.2) is 57.4 Å². The molecule has 6 rings (SSSR count). The molecule has 10 nitrogen and oxygen atoms in total. The Bertz CT molecular complexity index is 1260. The van der Waals surface area contributed by atoms with E-state index in [1.807, 2.05) is 18.2 Å². The van der Waals surface area contributed by atoms with Gasteiger partial charge in [0.05, 0.1) is 12.7 Å². The maximum atomic E-state index is 12.5. The summed E-state index contributed by atoms with van der Waals surface area (Å²) in [4.78, 5) is 26.6. The van der Waals surface area contributed by atoms with Crippen molar-refractivity contribution in [3.05, 3.63) is 53.6 Å². The molecule has 1 aliphatic carbocycles. The number of ether oxygens (including phenoxy) is 1. The molecule has 1 saturated heterocycles. The first kappa shape index (κ1) is 20.0. The van der Waals surface area contributed by atoms with Crippen molar-refractivity contribution in [2.24, 2.45) is 20.7 Å². The highest BCUT2D eigenvalue weighted by atomic mass is 16.5. The summed E-state index contributed by atoms with van der Waals surface area (Å²) in [6.45, 7) is -0.324. The quantitative estimate of drug-likeness (QED) is 0.457. The fraction of sp³-hybridized carbons (Fsp3) is 0.304. The molecular weight excluding hydrogens is 424 g/mol. The average Bonchev–Trinajstić information content (AvgIpc) is 3.46. The summed E-state index contributed by atoms with van der Waals surface area (Å²) in [5.74, 6) is -0.0242. The molecule has 10 heteroatoms. The molecule has 2 aromatic carbocycles. The van der Waals surface area contributed by atoms with Gasteiger partial charge in [0.25, 0.3) is 5.91 Å². The summed E-state index contributed by atoms with van der Waals surface area (Å²) in [7, 11) is 0. The van der Waals surface area contributed by atoms with Crippen LogP contribution in [0, 0.1) is 0 Å². The molecule has 4 atom stereocenters. The average molecular weight is 446 g/mol. The number of nitrogens with two attached hydrogens (primary N) is 1. The van der Waals surface area contributed by atoms with E-state index in [9.17, 15) is 15.0 Å². The van der Waals surface area contributed by atoms with E-state index in [4.69, 9.17) is 10.5 Å². The van der Waals surface area contributed by atoms with Gasteiger partial charge in [-0.2, -0.15) is 9.98 Å². The normalized spacial score (nSPS) is 27.5. The highest BCUT2D eigenvalue weighted by Gasteiger charge is 2.47. The van der Waals surface area contributed by atoms with E-state index in [0.717, 1.165) is 12.1 Å². The molecule has 2 aromatic rings. The lowest BCUT2D eigenvalue weighted by Crippen LogP contribution is -2.48. The van der Waals surface area contributed by atoms with Crippen LogP contribution in [-0.4, -0.2) is 69.9 Å². The Morgan fingerprint density at radius 3 is 2.79 bits per heavy atom. The molecular formula is C23H22N6O4. The molecule has 0 spiro atoms. The van der Waals surface area contributed by atoms with E-state index in [-0.39, 0.29) is 19.0 Å². The van der Waals surface area contributed by atoms with Crippen molar-refractivity contribution in [2.45, 2.75) is 37.3 Å². The highest BCUT2D eigenvalue weighted by molar-refractivity contribution is 6.25. The molecule has 33 heavy (non-hydrogen) atoms. The van der Waals surface area contributed by atoms with Gasteiger partial charge in [-0.3, -0.25) is 9.69 Å². The Morgan fingerprint density at radius 1 is 1.15 bits per heavy atom. The fourth-order valence-electron chi connectivity index (χ4n) is 4.85. The Hall–Kier alpha value is -3.60. The number of aliphatic hydroxyl groups is 2. The van der Waals surface area contributed by atoms with Crippen LogP contribution < -0.4 is 11.1 Å². The minimum absolute atomic E-state index is 0.153. The van der Waals surface area contributed by atoms with Gasteiger partial charge in [0.2, 0.25) is 11.9 Å². The van der Waals surface area contributed by atoms with Gasteiger partial charge < -0.3 is 26.0 Å². The fourth-order valence-corrected chi connectivity index (χ4v) is 4.85. The molecule has 168 valence electrons. The zero-order valence-corrected chi connectivity index (χ0v) is 17.5. The standard InChI is InChI=1S/C23H22N6O4/c24-22-27-20-19(21(32)28-22)26-23(29(20)18-9-16(31)17(10-30)33-18)25-13-5-6-15-12(8-13)7-11-3-1-2-4-14(11)15/h1-6,8,16-19,30-31H,7,9-10H2,(H,25,26)(H2,24,28,32). The van der Waals surface area contributed by atoms with Gasteiger partial charge in [-0.05, 0) is 40.8 Å². The maximum Gasteiger partial charge on any atom is 0.281 e. The SMILES string of the molecule is NC1=NC(=O)C2N=C(Nc3ccc4c(c3)Cc3ccccc3-4)N(C3CC(O)C(CO)O3)C2=N1. The second-order valence-corrected chi connectivity index (χ2v) is 8.45. The van der Waals surface area contributed by atoms with Crippen LogP contribution in [0.1, 0.15) is 17.5 Å². The van der Waals surface area contributed by atoms with Gasteiger partial charge in [0.1, 0.15) is 12.3 Å². The number of benzene rings is 2. The summed E-state index contributed by atoms with van der Waals surface area (Å²) >= 11 is 0. The number of anilines is 1. The van der Waals surface area contributed by atoms with Gasteiger partial charge in [0, 0.05) is 12.1 Å². The van der Waals surface area contributed by atoms with Crippen LogP contribution in [0.5, 0.6) is 0 Å². The van der Waals surface area contributed by atoms with Crippen molar-refractivity contribution in [2.75, 3.05) is 11.9 Å². The number of guanidine groups is 2. The Labute approximate surface area is 189 Å². The maximum absolute atomic E-state index is 12.5. The van der Waals surface area contributed by atoms with Crippen molar-refractivity contribution in [1.29, 1.82) is 0 Å². The molecule has 0 aromatic heterocycles. The number of aliphatic imine (C=N–C) groups is 3. The Kier molecular flexibility index (Phi) is 4.54. The molecule has 0 saturated carbocycles. The number of carbonyl (C=O) groups is 1. The number of nitrogens with one attached hydrogen (secondary N) is 1. The van der Waals surface area contributed by atoms with Crippen molar-refractivity contribution in [3.63, 3.8) is 0 Å². The summed E-state index contributed by atoms with van der Waals surface area (Å²) in [6.07, 6.45) is -1.22. The first-order valence-electron chi connectivity index (χ1n) is 10.8. The van der Waals surface area contributed by atoms with Crippen LogP contribution in [0.2, 0.25) is 0 Å². The molecule has 1 fully saturated rings. The van der Waals surface area contributed by atoms with Gasteiger partial charge in [-0.15, -0.1) is 0 Å². The number of carbonyl (C=O) groups excluding carboxylic acids is 1. The third kappa shape index (κ3) is 3.22. The third-order valence-corrected chi connectivity index (χ3v) is 6.38. The van der Waals surface area contributed by atoms with Gasteiger partial charge in [-0.25, -0.2) is 4.99 Å². The smallest absolute Gasteiger partial charge is 0.281 e. The summed E-state index contributed by atoms with van der Waals surface area (Å²) in [5, 5.41) is 23.1. The van der Waals surface area contributed by atoms with Crippen molar-refractivity contribution in [1.82, 2.24) is 4.90 Å². The van der Waals surface area contributed by atoms with E-state index in [1.165, 1.54) is 22.3 Å². The highest BCUT2D eigenvalue weighted by Crippen LogP contribution is 2.38. The van der Waals surface area contributed by atoms with E-state index in [0.29, 0.717) is 11.8 Å². The number of amidine groups is 1. The van der Waals surface area contributed by atoms with Crippen molar-refractivity contribution >= 4 is 29.3 Å². The van der Waals surface area contributed by atoms with Crippen LogP contribution in [0.3, 0.4) is 0 Å². The zero-order chi connectivity index (χ0) is 22.7.